The molecule has 0 saturated carbocycles. The second-order valence-electron chi connectivity index (χ2n) is 4.22. The first-order valence-corrected chi connectivity index (χ1v) is 7.29. The van der Waals surface area contributed by atoms with E-state index in [0.29, 0.717) is 23.3 Å². The van der Waals surface area contributed by atoms with E-state index in [9.17, 15) is 9.18 Å². The number of anilines is 2. The third-order valence-corrected chi connectivity index (χ3v) is 3.84. The highest BCUT2D eigenvalue weighted by Gasteiger charge is 2.19. The van der Waals surface area contributed by atoms with Gasteiger partial charge in [0.2, 0.25) is 5.95 Å². The van der Waals surface area contributed by atoms with Crippen molar-refractivity contribution in [2.45, 2.75) is 12.1 Å². The molecule has 2 aromatic rings. The van der Waals surface area contributed by atoms with Gasteiger partial charge in [-0.15, -0.1) is 10.2 Å². The van der Waals surface area contributed by atoms with Gasteiger partial charge in [0.05, 0.1) is 11.4 Å². The number of hydrogen-bond acceptors (Lipinski definition) is 5. The molecule has 0 spiro atoms. The zero-order valence-electron chi connectivity index (χ0n) is 11.7. The van der Waals surface area contributed by atoms with E-state index >= 15 is 0 Å². The first-order valence-electron chi connectivity index (χ1n) is 6.30. The molecular weight excluding hydrogens is 295 g/mol. The monoisotopic (exact) mass is 310 g/mol. The number of thioether (sulfide) groups is 1. The van der Waals surface area contributed by atoms with Crippen molar-refractivity contribution in [2.75, 3.05) is 17.2 Å². The van der Waals surface area contributed by atoms with E-state index in [0.717, 1.165) is 11.8 Å². The molecule has 0 unspecified atom stereocenters. The van der Waals surface area contributed by atoms with Gasteiger partial charge in [-0.3, -0.25) is 9.36 Å². The molecule has 1 N–H and O–H groups in total. The van der Waals surface area contributed by atoms with Crippen LogP contribution in [0.5, 0.6) is 0 Å². The second-order valence-corrected chi connectivity index (χ2v) is 5.16. The lowest BCUT2D eigenvalue weighted by atomic mass is 10.3. The number of nitrogens with zero attached hydrogens (tertiary/aromatic N) is 4. The van der Waals surface area contributed by atoms with Gasteiger partial charge in [-0.05, 0) is 19.1 Å². The summed E-state index contributed by atoms with van der Waals surface area (Å²) < 4.78 is 15.6. The summed E-state index contributed by atoms with van der Waals surface area (Å²) in [5.74, 6) is -0.902. The van der Waals surface area contributed by atoms with Crippen LogP contribution in [0.1, 0.15) is 6.92 Å². The molecule has 6 nitrogen and oxygen atoms in total. The maximum Gasteiger partial charge on any atom is 0.313 e. The lowest BCUT2D eigenvalue weighted by Crippen LogP contribution is -2.21. The first-order chi connectivity index (χ1) is 10.0. The standard InChI is InChI=1S/C13H15FN4O2S/c1-3-18(10-7-5-4-6-9(10)14)12-15-16-13(17(12)2)21-8-11(19)20/h4-7H,3,8H2,1-2H3,(H,19,20). The Morgan fingerprint density at radius 2 is 2.14 bits per heavy atom. The van der Waals surface area contributed by atoms with Crippen molar-refractivity contribution in [3.8, 4) is 0 Å². The van der Waals surface area contributed by atoms with E-state index in [-0.39, 0.29) is 11.6 Å². The molecule has 112 valence electrons. The van der Waals surface area contributed by atoms with Gasteiger partial charge in [0.1, 0.15) is 5.82 Å². The van der Waals surface area contributed by atoms with Crippen LogP contribution in [-0.2, 0) is 11.8 Å². The number of carbonyl (C=O) groups is 1. The third-order valence-electron chi connectivity index (χ3n) is 2.84. The Kier molecular flexibility index (Phi) is 4.79. The summed E-state index contributed by atoms with van der Waals surface area (Å²) in [5, 5.41) is 17.2. The SMILES string of the molecule is CCN(c1ccccc1F)c1nnc(SCC(=O)O)n1C. The van der Waals surface area contributed by atoms with Crippen molar-refractivity contribution in [3.63, 3.8) is 0 Å². The van der Waals surface area contributed by atoms with Gasteiger partial charge >= 0.3 is 5.97 Å². The minimum atomic E-state index is -0.925. The molecule has 1 aromatic heterocycles. The fourth-order valence-corrected chi connectivity index (χ4v) is 2.51. The summed E-state index contributed by atoms with van der Waals surface area (Å²) in [7, 11) is 1.73. The second kappa shape index (κ2) is 6.57. The highest BCUT2D eigenvalue weighted by Crippen LogP contribution is 2.28. The highest BCUT2D eigenvalue weighted by molar-refractivity contribution is 7.99. The molecule has 0 aliphatic heterocycles. The van der Waals surface area contributed by atoms with Crippen LogP contribution >= 0.6 is 11.8 Å². The molecule has 0 fully saturated rings. The summed E-state index contributed by atoms with van der Waals surface area (Å²) in [6, 6.07) is 6.42. The zero-order chi connectivity index (χ0) is 15.4. The maximum atomic E-state index is 13.9. The van der Waals surface area contributed by atoms with Gasteiger partial charge in [0.15, 0.2) is 5.16 Å². The minimum absolute atomic E-state index is 0.0994. The largest absolute Gasteiger partial charge is 0.481 e. The number of carboxylic acid groups (broad SMARTS) is 1. The van der Waals surface area contributed by atoms with Crippen LogP contribution in [-0.4, -0.2) is 38.1 Å². The lowest BCUT2D eigenvalue weighted by molar-refractivity contribution is -0.133. The molecule has 0 bridgehead atoms. The summed E-state index contributed by atoms with van der Waals surface area (Å²) in [6.07, 6.45) is 0. The topological polar surface area (TPSA) is 71.2 Å². The van der Waals surface area contributed by atoms with E-state index in [1.54, 1.807) is 34.7 Å². The van der Waals surface area contributed by atoms with Crippen molar-refractivity contribution >= 4 is 29.4 Å². The van der Waals surface area contributed by atoms with Crippen LogP contribution in [0.4, 0.5) is 16.0 Å². The van der Waals surface area contributed by atoms with Crippen molar-refractivity contribution < 1.29 is 14.3 Å². The number of para-hydroxylation sites is 1. The summed E-state index contributed by atoms with van der Waals surface area (Å²) >= 11 is 1.07. The fourth-order valence-electron chi connectivity index (χ4n) is 1.88. The highest BCUT2D eigenvalue weighted by atomic mass is 32.2. The average Bonchev–Trinajstić information content (AvgIpc) is 2.81. The van der Waals surface area contributed by atoms with Crippen LogP contribution < -0.4 is 4.90 Å². The van der Waals surface area contributed by atoms with Crippen molar-refractivity contribution in [3.05, 3.63) is 30.1 Å². The molecule has 0 atom stereocenters. The molecule has 21 heavy (non-hydrogen) atoms. The third kappa shape index (κ3) is 3.33. The van der Waals surface area contributed by atoms with Crippen LogP contribution in [0.15, 0.2) is 29.4 Å². The number of carboxylic acids is 1. The van der Waals surface area contributed by atoms with E-state index < -0.39 is 5.97 Å². The van der Waals surface area contributed by atoms with Gasteiger partial charge in [0, 0.05) is 13.6 Å². The van der Waals surface area contributed by atoms with E-state index in [1.165, 1.54) is 6.07 Å². The number of halogens is 1. The molecule has 1 aromatic carbocycles. The molecule has 0 radical (unpaired) electrons. The number of aromatic nitrogens is 3. The number of rotatable bonds is 6. The molecule has 0 amide bonds. The van der Waals surface area contributed by atoms with E-state index in [4.69, 9.17) is 5.11 Å². The van der Waals surface area contributed by atoms with Crippen LogP contribution in [0.25, 0.3) is 0 Å². The number of benzene rings is 1. The van der Waals surface area contributed by atoms with E-state index in [2.05, 4.69) is 10.2 Å². The Hall–Kier alpha value is -2.09. The molecule has 0 aliphatic carbocycles. The summed E-state index contributed by atoms with van der Waals surface area (Å²) in [5.41, 5.74) is 0.408. The van der Waals surface area contributed by atoms with Crippen LogP contribution in [0, 0.1) is 5.82 Å². The van der Waals surface area contributed by atoms with Crippen molar-refractivity contribution in [1.82, 2.24) is 14.8 Å². The summed E-state index contributed by atoms with van der Waals surface area (Å²) in [6.45, 7) is 2.39. The molecule has 2 rings (SSSR count). The first kappa shape index (κ1) is 15.3. The number of aliphatic carboxylic acids is 1. The zero-order valence-corrected chi connectivity index (χ0v) is 12.5. The Bertz CT molecular complexity index is 647. The predicted molar refractivity (Wildman–Crippen MR) is 78.4 cm³/mol. The Morgan fingerprint density at radius 3 is 2.76 bits per heavy atom. The molecule has 8 heteroatoms. The Balaban J connectivity index is 2.31. The van der Waals surface area contributed by atoms with E-state index in [1.807, 2.05) is 6.92 Å². The molecule has 0 aliphatic rings. The van der Waals surface area contributed by atoms with Gasteiger partial charge in [-0.25, -0.2) is 4.39 Å². The maximum absolute atomic E-state index is 13.9. The van der Waals surface area contributed by atoms with Crippen molar-refractivity contribution in [2.24, 2.45) is 7.05 Å². The fraction of sp³-hybridized carbons (Fsp3) is 0.308. The van der Waals surface area contributed by atoms with Crippen molar-refractivity contribution in [1.29, 1.82) is 0 Å². The Labute approximate surface area is 125 Å². The Morgan fingerprint density at radius 1 is 1.43 bits per heavy atom. The van der Waals surface area contributed by atoms with Gasteiger partial charge < -0.3 is 10.0 Å². The smallest absolute Gasteiger partial charge is 0.313 e. The molecule has 0 saturated heterocycles. The molecular formula is C13H15FN4O2S. The van der Waals surface area contributed by atoms with Gasteiger partial charge in [0.25, 0.3) is 0 Å². The molecule has 1 heterocycles. The van der Waals surface area contributed by atoms with Gasteiger partial charge in [-0.1, -0.05) is 23.9 Å². The van der Waals surface area contributed by atoms with Crippen LogP contribution in [0.2, 0.25) is 0 Å². The van der Waals surface area contributed by atoms with Crippen LogP contribution in [0.3, 0.4) is 0 Å². The van der Waals surface area contributed by atoms with Gasteiger partial charge in [-0.2, -0.15) is 0 Å². The summed E-state index contributed by atoms with van der Waals surface area (Å²) in [4.78, 5) is 12.3. The predicted octanol–water partition coefficient (Wildman–Crippen LogP) is 2.29. The average molecular weight is 310 g/mol. The minimum Gasteiger partial charge on any atom is -0.481 e. The number of hydrogen-bond donors (Lipinski definition) is 1. The normalized spacial score (nSPS) is 10.6. The quantitative estimate of drug-likeness (QED) is 0.825. The lowest BCUT2D eigenvalue weighted by Gasteiger charge is -2.21.